The summed E-state index contributed by atoms with van der Waals surface area (Å²) in [4.78, 5) is 17.4. The number of hydrogen-bond acceptors (Lipinski definition) is 4. The van der Waals surface area contributed by atoms with Gasteiger partial charge in [-0.25, -0.2) is 4.98 Å². The van der Waals surface area contributed by atoms with Crippen LogP contribution < -0.4 is 5.32 Å². The van der Waals surface area contributed by atoms with Crippen molar-refractivity contribution in [2.45, 2.75) is 26.8 Å². The fourth-order valence-corrected chi connectivity index (χ4v) is 2.40. The van der Waals surface area contributed by atoms with Crippen molar-refractivity contribution < 1.29 is 9.90 Å². The number of aromatic nitrogens is 1. The molecular weight excluding hydrogens is 260 g/mol. The average molecular weight is 276 g/mol. The van der Waals surface area contributed by atoms with Gasteiger partial charge in [0.05, 0.1) is 6.54 Å². The second kappa shape index (κ2) is 5.84. The number of phenols is 1. The van der Waals surface area contributed by atoms with Gasteiger partial charge in [-0.15, -0.1) is 11.3 Å². The van der Waals surface area contributed by atoms with Gasteiger partial charge in [0, 0.05) is 16.6 Å². The smallest absolute Gasteiger partial charge is 0.251 e. The molecule has 0 aliphatic carbocycles. The molecular formula is C14H16N2O2S. The highest BCUT2D eigenvalue weighted by atomic mass is 32.1. The summed E-state index contributed by atoms with van der Waals surface area (Å²) in [5.41, 5.74) is 1.21. The van der Waals surface area contributed by atoms with Gasteiger partial charge < -0.3 is 10.4 Å². The van der Waals surface area contributed by atoms with Gasteiger partial charge >= 0.3 is 0 Å². The predicted octanol–water partition coefficient (Wildman–Crippen LogP) is 2.65. The molecule has 2 rings (SSSR count). The van der Waals surface area contributed by atoms with Crippen molar-refractivity contribution in [3.05, 3.63) is 45.4 Å². The quantitative estimate of drug-likeness (QED) is 0.902. The number of amides is 1. The molecule has 100 valence electrons. The highest BCUT2D eigenvalue weighted by Crippen LogP contribution is 2.17. The van der Waals surface area contributed by atoms with Gasteiger partial charge in [0.1, 0.15) is 10.8 Å². The van der Waals surface area contributed by atoms with Crippen LogP contribution in [0.15, 0.2) is 24.4 Å². The lowest BCUT2D eigenvalue weighted by atomic mass is 10.1. The minimum absolute atomic E-state index is 0.134. The third-order valence-corrected chi connectivity index (χ3v) is 3.96. The van der Waals surface area contributed by atoms with E-state index in [1.165, 1.54) is 10.9 Å². The van der Waals surface area contributed by atoms with E-state index in [1.807, 2.05) is 6.20 Å². The number of rotatable bonds is 4. The zero-order valence-corrected chi connectivity index (χ0v) is 11.8. The molecule has 2 N–H and O–H groups in total. The Labute approximate surface area is 116 Å². The van der Waals surface area contributed by atoms with Crippen molar-refractivity contribution in [3.63, 3.8) is 0 Å². The number of nitrogens with one attached hydrogen (secondary N) is 1. The van der Waals surface area contributed by atoms with Gasteiger partial charge in [-0.2, -0.15) is 0 Å². The lowest BCUT2D eigenvalue weighted by Gasteiger charge is -2.05. The van der Waals surface area contributed by atoms with Gasteiger partial charge in [-0.3, -0.25) is 4.79 Å². The Bertz CT molecular complexity index is 593. The molecule has 0 bridgehead atoms. The first-order valence-electron chi connectivity index (χ1n) is 6.11. The van der Waals surface area contributed by atoms with Crippen LogP contribution in [0.25, 0.3) is 0 Å². The first kappa shape index (κ1) is 13.5. The molecule has 0 saturated carbocycles. The lowest BCUT2D eigenvalue weighted by molar-refractivity contribution is 0.0950. The van der Waals surface area contributed by atoms with Crippen LogP contribution in [0.1, 0.15) is 32.7 Å². The van der Waals surface area contributed by atoms with Crippen molar-refractivity contribution in [1.29, 1.82) is 0 Å². The van der Waals surface area contributed by atoms with Crippen molar-refractivity contribution in [1.82, 2.24) is 10.3 Å². The monoisotopic (exact) mass is 276 g/mol. The first-order chi connectivity index (χ1) is 9.10. The molecule has 4 nitrogen and oxygen atoms in total. The molecule has 0 unspecified atom stereocenters. The standard InChI is InChI=1S/C14H16N2O2S/c1-3-11-7-15-13(19-11)8-16-14(18)10-5-4-9(2)12(17)6-10/h4-7,17H,3,8H2,1-2H3,(H,16,18). The van der Waals surface area contributed by atoms with Crippen molar-refractivity contribution >= 4 is 17.2 Å². The lowest BCUT2D eigenvalue weighted by Crippen LogP contribution is -2.22. The van der Waals surface area contributed by atoms with Crippen LogP contribution in [0.5, 0.6) is 5.75 Å². The number of carbonyl (C=O) groups excluding carboxylic acids is 1. The van der Waals surface area contributed by atoms with Crippen LogP contribution in [-0.2, 0) is 13.0 Å². The summed E-state index contributed by atoms with van der Waals surface area (Å²) in [6, 6.07) is 4.90. The molecule has 1 aromatic heterocycles. The maximum atomic E-state index is 11.9. The summed E-state index contributed by atoms with van der Waals surface area (Å²) in [6.07, 6.45) is 2.79. The molecule has 1 heterocycles. The maximum absolute atomic E-state index is 11.9. The second-order valence-electron chi connectivity index (χ2n) is 4.26. The zero-order valence-electron chi connectivity index (χ0n) is 10.9. The van der Waals surface area contributed by atoms with Crippen LogP contribution in [0, 0.1) is 6.92 Å². The highest BCUT2D eigenvalue weighted by Gasteiger charge is 2.08. The van der Waals surface area contributed by atoms with Crippen molar-refractivity contribution in [3.8, 4) is 5.75 Å². The van der Waals surface area contributed by atoms with Crippen LogP contribution in [-0.4, -0.2) is 16.0 Å². The van der Waals surface area contributed by atoms with Crippen LogP contribution >= 0.6 is 11.3 Å². The summed E-state index contributed by atoms with van der Waals surface area (Å²) in [5, 5.41) is 13.3. The van der Waals surface area contributed by atoms with Gasteiger partial charge in [-0.05, 0) is 31.0 Å². The Morgan fingerprint density at radius 2 is 2.26 bits per heavy atom. The number of nitrogens with zero attached hydrogens (tertiary/aromatic N) is 1. The second-order valence-corrected chi connectivity index (χ2v) is 5.46. The van der Waals surface area contributed by atoms with E-state index in [4.69, 9.17) is 0 Å². The number of thiazole rings is 1. The topological polar surface area (TPSA) is 62.2 Å². The van der Waals surface area contributed by atoms with E-state index < -0.39 is 0 Å². The Hall–Kier alpha value is -1.88. The molecule has 1 aromatic carbocycles. The number of phenolic OH excluding ortho intramolecular Hbond substituents is 1. The van der Waals surface area contributed by atoms with Crippen LogP contribution in [0.2, 0.25) is 0 Å². The minimum Gasteiger partial charge on any atom is -0.508 e. The molecule has 0 aliphatic heterocycles. The Morgan fingerprint density at radius 3 is 2.89 bits per heavy atom. The van der Waals surface area contributed by atoms with Crippen molar-refractivity contribution in [2.75, 3.05) is 0 Å². The molecule has 0 fully saturated rings. The average Bonchev–Trinajstić information content (AvgIpc) is 2.87. The van der Waals surface area contributed by atoms with E-state index in [9.17, 15) is 9.90 Å². The summed E-state index contributed by atoms with van der Waals surface area (Å²) < 4.78 is 0. The third kappa shape index (κ3) is 3.32. The van der Waals surface area contributed by atoms with Gasteiger partial charge in [0.25, 0.3) is 5.91 Å². The fourth-order valence-electron chi connectivity index (χ4n) is 1.60. The fraction of sp³-hybridized carbons (Fsp3) is 0.286. The number of aryl methyl sites for hydroxylation is 2. The summed E-state index contributed by atoms with van der Waals surface area (Å²) in [5.74, 6) is -0.0706. The SMILES string of the molecule is CCc1cnc(CNC(=O)c2ccc(C)c(O)c2)s1. The summed E-state index contributed by atoms with van der Waals surface area (Å²) >= 11 is 1.60. The molecule has 0 atom stereocenters. The van der Waals surface area contributed by atoms with E-state index >= 15 is 0 Å². The maximum Gasteiger partial charge on any atom is 0.251 e. The molecule has 19 heavy (non-hydrogen) atoms. The molecule has 0 aliphatic rings. The Morgan fingerprint density at radius 1 is 1.47 bits per heavy atom. The molecule has 0 radical (unpaired) electrons. The number of benzene rings is 1. The largest absolute Gasteiger partial charge is 0.508 e. The minimum atomic E-state index is -0.205. The highest BCUT2D eigenvalue weighted by molar-refractivity contribution is 7.11. The first-order valence-corrected chi connectivity index (χ1v) is 6.93. The summed E-state index contributed by atoms with van der Waals surface area (Å²) in [6.45, 7) is 4.28. The normalized spacial score (nSPS) is 10.4. The molecule has 2 aromatic rings. The van der Waals surface area contributed by atoms with Crippen LogP contribution in [0.4, 0.5) is 0 Å². The Balaban J connectivity index is 1.99. The number of aromatic hydroxyl groups is 1. The van der Waals surface area contributed by atoms with E-state index in [0.29, 0.717) is 12.1 Å². The van der Waals surface area contributed by atoms with Gasteiger partial charge in [-0.1, -0.05) is 13.0 Å². The van der Waals surface area contributed by atoms with Crippen LogP contribution in [0.3, 0.4) is 0 Å². The van der Waals surface area contributed by atoms with Gasteiger partial charge in [0.2, 0.25) is 0 Å². The molecule has 1 amide bonds. The summed E-state index contributed by atoms with van der Waals surface area (Å²) in [7, 11) is 0. The molecule has 0 saturated heterocycles. The van der Waals surface area contributed by atoms with Gasteiger partial charge in [0.15, 0.2) is 0 Å². The molecule has 5 heteroatoms. The molecule has 0 spiro atoms. The predicted molar refractivity (Wildman–Crippen MR) is 75.5 cm³/mol. The van der Waals surface area contributed by atoms with Crippen molar-refractivity contribution in [2.24, 2.45) is 0 Å². The zero-order chi connectivity index (χ0) is 13.8. The number of hydrogen-bond donors (Lipinski definition) is 2. The third-order valence-electron chi connectivity index (χ3n) is 2.82. The van der Waals surface area contributed by atoms with E-state index in [1.54, 1.807) is 30.4 Å². The number of carbonyl (C=O) groups is 1. The van der Waals surface area contributed by atoms with E-state index in [0.717, 1.165) is 17.0 Å². The van der Waals surface area contributed by atoms with E-state index in [2.05, 4.69) is 17.2 Å². The van der Waals surface area contributed by atoms with E-state index in [-0.39, 0.29) is 11.7 Å². The Kier molecular flexibility index (Phi) is 4.16.